The molecule has 0 aromatic heterocycles. The summed E-state index contributed by atoms with van der Waals surface area (Å²) in [5.41, 5.74) is 5.90. The Morgan fingerprint density at radius 3 is 2.33 bits per heavy atom. The second-order valence-corrected chi connectivity index (χ2v) is 5.34. The van der Waals surface area contributed by atoms with Gasteiger partial charge >= 0.3 is 0 Å². The summed E-state index contributed by atoms with van der Waals surface area (Å²) < 4.78 is 0. The number of hydrogen-bond donors (Lipinski definition) is 1. The molecule has 1 aliphatic heterocycles. The molecule has 1 atom stereocenters. The Balaban J connectivity index is 1.85. The van der Waals surface area contributed by atoms with Crippen LogP contribution in [0.5, 0.6) is 0 Å². The minimum absolute atomic E-state index is 0.651. The van der Waals surface area contributed by atoms with Crippen molar-refractivity contribution in [3.63, 3.8) is 0 Å². The topological polar surface area (TPSA) is 32.5 Å². The van der Waals surface area contributed by atoms with E-state index in [-0.39, 0.29) is 0 Å². The van der Waals surface area contributed by atoms with Crippen molar-refractivity contribution in [1.29, 1.82) is 0 Å². The van der Waals surface area contributed by atoms with Gasteiger partial charge in [0.1, 0.15) is 0 Å². The molecule has 1 unspecified atom stereocenters. The summed E-state index contributed by atoms with van der Waals surface area (Å²) in [5, 5.41) is 0. The highest BCUT2D eigenvalue weighted by atomic mass is 15.2. The minimum Gasteiger partial charge on any atom is -0.329 e. The van der Waals surface area contributed by atoms with Crippen molar-refractivity contribution in [2.45, 2.75) is 37.8 Å². The van der Waals surface area contributed by atoms with Gasteiger partial charge in [-0.2, -0.15) is 0 Å². The molecule has 1 saturated heterocycles. The van der Waals surface area contributed by atoms with Crippen LogP contribution in [0.1, 0.15) is 25.7 Å². The van der Waals surface area contributed by atoms with Crippen molar-refractivity contribution in [2.24, 2.45) is 11.7 Å². The number of rotatable bonds is 4. The van der Waals surface area contributed by atoms with Gasteiger partial charge in [-0.25, -0.2) is 0 Å². The first-order chi connectivity index (χ1) is 7.22. The molecule has 3 heteroatoms. The maximum absolute atomic E-state index is 5.90. The third kappa shape index (κ3) is 2.71. The second-order valence-electron chi connectivity index (χ2n) is 5.34. The van der Waals surface area contributed by atoms with Gasteiger partial charge in [0.25, 0.3) is 0 Å². The van der Waals surface area contributed by atoms with E-state index >= 15 is 0 Å². The molecule has 0 aromatic carbocycles. The standard InChI is InChI=1S/C12H25N3/c1-14-7-5-11(6-8-14)15(2)12(9-13)10-3-4-10/h10-12H,3-9,13H2,1-2H3. The summed E-state index contributed by atoms with van der Waals surface area (Å²) in [4.78, 5) is 5.00. The lowest BCUT2D eigenvalue weighted by molar-refractivity contribution is 0.100. The summed E-state index contributed by atoms with van der Waals surface area (Å²) in [7, 11) is 4.50. The van der Waals surface area contributed by atoms with E-state index in [1.807, 2.05) is 0 Å². The average molecular weight is 211 g/mol. The van der Waals surface area contributed by atoms with Crippen LogP contribution in [0.25, 0.3) is 0 Å². The van der Waals surface area contributed by atoms with Gasteiger partial charge in [-0.05, 0) is 58.8 Å². The van der Waals surface area contributed by atoms with Gasteiger partial charge in [-0.3, -0.25) is 4.90 Å². The Labute approximate surface area is 93.6 Å². The predicted molar refractivity (Wildman–Crippen MR) is 63.8 cm³/mol. The zero-order valence-electron chi connectivity index (χ0n) is 10.2. The van der Waals surface area contributed by atoms with Crippen LogP contribution in [0.15, 0.2) is 0 Å². The number of hydrogen-bond acceptors (Lipinski definition) is 3. The Kier molecular flexibility index (Phi) is 3.65. The van der Waals surface area contributed by atoms with Crippen LogP contribution in [0, 0.1) is 5.92 Å². The normalized spacial score (nSPS) is 27.2. The van der Waals surface area contributed by atoms with E-state index in [1.165, 1.54) is 38.8 Å². The van der Waals surface area contributed by atoms with Crippen molar-refractivity contribution in [3.05, 3.63) is 0 Å². The van der Waals surface area contributed by atoms with Gasteiger partial charge in [0.05, 0.1) is 0 Å². The van der Waals surface area contributed by atoms with E-state index in [1.54, 1.807) is 0 Å². The van der Waals surface area contributed by atoms with Gasteiger partial charge in [0, 0.05) is 18.6 Å². The van der Waals surface area contributed by atoms with Gasteiger partial charge in [-0.1, -0.05) is 0 Å². The Morgan fingerprint density at radius 2 is 1.87 bits per heavy atom. The molecule has 15 heavy (non-hydrogen) atoms. The van der Waals surface area contributed by atoms with E-state index in [0.29, 0.717) is 6.04 Å². The highest BCUT2D eigenvalue weighted by molar-refractivity contribution is 4.91. The summed E-state index contributed by atoms with van der Waals surface area (Å²) in [5.74, 6) is 0.902. The van der Waals surface area contributed by atoms with E-state index in [9.17, 15) is 0 Å². The molecule has 1 heterocycles. The van der Waals surface area contributed by atoms with Crippen LogP contribution in [0.2, 0.25) is 0 Å². The Bertz CT molecular complexity index is 195. The van der Waals surface area contributed by atoms with Crippen LogP contribution in [-0.4, -0.2) is 55.6 Å². The maximum Gasteiger partial charge on any atom is 0.0246 e. The molecule has 2 N–H and O–H groups in total. The van der Waals surface area contributed by atoms with E-state index < -0.39 is 0 Å². The summed E-state index contributed by atoms with van der Waals surface area (Å²) in [6.07, 6.45) is 5.43. The number of nitrogens with two attached hydrogens (primary N) is 1. The molecular weight excluding hydrogens is 186 g/mol. The third-order valence-electron chi connectivity index (χ3n) is 4.19. The number of nitrogens with zero attached hydrogens (tertiary/aromatic N) is 2. The second kappa shape index (κ2) is 4.81. The summed E-state index contributed by atoms with van der Waals surface area (Å²) in [6, 6.07) is 1.42. The lowest BCUT2D eigenvalue weighted by Gasteiger charge is -2.39. The van der Waals surface area contributed by atoms with E-state index in [0.717, 1.165) is 18.5 Å². The van der Waals surface area contributed by atoms with E-state index in [2.05, 4.69) is 23.9 Å². The molecule has 0 radical (unpaired) electrons. The molecule has 0 bridgehead atoms. The summed E-state index contributed by atoms with van der Waals surface area (Å²) >= 11 is 0. The summed E-state index contributed by atoms with van der Waals surface area (Å²) in [6.45, 7) is 3.33. The van der Waals surface area contributed by atoms with Crippen molar-refractivity contribution in [2.75, 3.05) is 33.7 Å². The van der Waals surface area contributed by atoms with Crippen molar-refractivity contribution >= 4 is 0 Å². The molecular formula is C12H25N3. The van der Waals surface area contributed by atoms with Crippen molar-refractivity contribution in [1.82, 2.24) is 9.80 Å². The highest BCUT2D eigenvalue weighted by Gasteiger charge is 2.35. The van der Waals surface area contributed by atoms with Gasteiger partial charge < -0.3 is 10.6 Å². The lowest BCUT2D eigenvalue weighted by atomic mass is 10.0. The zero-order chi connectivity index (χ0) is 10.8. The van der Waals surface area contributed by atoms with Gasteiger partial charge in [0.2, 0.25) is 0 Å². The minimum atomic E-state index is 0.651. The third-order valence-corrected chi connectivity index (χ3v) is 4.19. The lowest BCUT2D eigenvalue weighted by Crippen LogP contribution is -2.49. The van der Waals surface area contributed by atoms with Crippen LogP contribution in [0.3, 0.4) is 0 Å². The number of likely N-dealkylation sites (N-methyl/N-ethyl adjacent to an activating group) is 1. The molecule has 1 aliphatic carbocycles. The van der Waals surface area contributed by atoms with Crippen LogP contribution in [0.4, 0.5) is 0 Å². The van der Waals surface area contributed by atoms with Crippen LogP contribution in [-0.2, 0) is 0 Å². The molecule has 88 valence electrons. The van der Waals surface area contributed by atoms with Crippen LogP contribution >= 0.6 is 0 Å². The van der Waals surface area contributed by atoms with Gasteiger partial charge in [-0.15, -0.1) is 0 Å². The molecule has 2 aliphatic rings. The number of piperidine rings is 1. The first kappa shape index (κ1) is 11.4. The van der Waals surface area contributed by atoms with Crippen LogP contribution < -0.4 is 5.73 Å². The number of likely N-dealkylation sites (tertiary alicyclic amines) is 1. The fourth-order valence-electron chi connectivity index (χ4n) is 2.85. The van der Waals surface area contributed by atoms with E-state index in [4.69, 9.17) is 5.73 Å². The quantitative estimate of drug-likeness (QED) is 0.745. The van der Waals surface area contributed by atoms with Gasteiger partial charge in [0.15, 0.2) is 0 Å². The largest absolute Gasteiger partial charge is 0.329 e. The average Bonchev–Trinajstić information content (AvgIpc) is 3.04. The molecule has 0 spiro atoms. The van der Waals surface area contributed by atoms with Crippen molar-refractivity contribution < 1.29 is 0 Å². The fourth-order valence-corrected chi connectivity index (χ4v) is 2.85. The monoisotopic (exact) mass is 211 g/mol. The zero-order valence-corrected chi connectivity index (χ0v) is 10.2. The maximum atomic E-state index is 5.90. The fraction of sp³-hybridized carbons (Fsp3) is 1.00. The predicted octanol–water partition coefficient (Wildman–Crippen LogP) is 0.750. The first-order valence-corrected chi connectivity index (χ1v) is 6.33. The Hall–Kier alpha value is -0.120. The smallest absolute Gasteiger partial charge is 0.0246 e. The Morgan fingerprint density at radius 1 is 1.27 bits per heavy atom. The SMILES string of the molecule is CN1CCC(N(C)C(CN)C2CC2)CC1. The molecule has 2 rings (SSSR count). The van der Waals surface area contributed by atoms with Crippen molar-refractivity contribution in [3.8, 4) is 0 Å². The molecule has 3 nitrogen and oxygen atoms in total. The molecule has 1 saturated carbocycles. The molecule has 2 fully saturated rings. The highest BCUT2D eigenvalue weighted by Crippen LogP contribution is 2.35. The molecule has 0 aromatic rings. The first-order valence-electron chi connectivity index (χ1n) is 6.33. The molecule has 0 amide bonds.